The van der Waals surface area contributed by atoms with Crippen molar-refractivity contribution in [2.24, 2.45) is 5.73 Å². The predicted octanol–water partition coefficient (Wildman–Crippen LogP) is 2.95. The van der Waals surface area contributed by atoms with Gasteiger partial charge in [-0.3, -0.25) is 0 Å². The average Bonchev–Trinajstić information content (AvgIpc) is 2.46. The van der Waals surface area contributed by atoms with Crippen LogP contribution < -0.4 is 11.1 Å². The highest BCUT2D eigenvalue weighted by Gasteiger charge is 2.05. The summed E-state index contributed by atoms with van der Waals surface area (Å²) >= 11 is 0. The third kappa shape index (κ3) is 2.99. The lowest BCUT2D eigenvalue weighted by molar-refractivity contribution is 0.903. The van der Waals surface area contributed by atoms with Crippen LogP contribution in [-0.4, -0.2) is 7.05 Å². The van der Waals surface area contributed by atoms with Gasteiger partial charge in [0.25, 0.3) is 0 Å². The van der Waals surface area contributed by atoms with Crippen LogP contribution in [0.1, 0.15) is 17.2 Å². The minimum atomic E-state index is -0.103. The van der Waals surface area contributed by atoms with E-state index in [1.807, 2.05) is 61.7 Å². The molecule has 2 heteroatoms. The summed E-state index contributed by atoms with van der Waals surface area (Å²) in [7, 11) is 1.91. The molecular formula is C16H18N2. The van der Waals surface area contributed by atoms with Crippen molar-refractivity contribution in [3.05, 3.63) is 77.9 Å². The summed E-state index contributed by atoms with van der Waals surface area (Å²) in [6.45, 7) is 0. The van der Waals surface area contributed by atoms with Gasteiger partial charge in [0, 0.05) is 12.7 Å². The van der Waals surface area contributed by atoms with Gasteiger partial charge in [-0.2, -0.15) is 0 Å². The molecule has 0 fully saturated rings. The Morgan fingerprint density at radius 1 is 1.00 bits per heavy atom. The van der Waals surface area contributed by atoms with Crippen LogP contribution in [0.15, 0.2) is 66.7 Å². The van der Waals surface area contributed by atoms with Gasteiger partial charge >= 0.3 is 0 Å². The predicted molar refractivity (Wildman–Crippen MR) is 76.8 cm³/mol. The quantitative estimate of drug-likeness (QED) is 0.859. The molecule has 0 aliphatic carbocycles. The van der Waals surface area contributed by atoms with Crippen molar-refractivity contribution in [2.75, 3.05) is 7.05 Å². The van der Waals surface area contributed by atoms with Gasteiger partial charge in [0.2, 0.25) is 0 Å². The molecule has 0 amide bonds. The van der Waals surface area contributed by atoms with Crippen LogP contribution in [-0.2, 0) is 0 Å². The van der Waals surface area contributed by atoms with Gasteiger partial charge in [-0.25, -0.2) is 0 Å². The fourth-order valence-electron chi connectivity index (χ4n) is 1.89. The minimum absolute atomic E-state index is 0.103. The second kappa shape index (κ2) is 6.03. The normalized spacial score (nSPS) is 13.1. The van der Waals surface area contributed by atoms with E-state index in [9.17, 15) is 0 Å². The van der Waals surface area contributed by atoms with Gasteiger partial charge in [0.05, 0.1) is 6.04 Å². The zero-order chi connectivity index (χ0) is 12.8. The van der Waals surface area contributed by atoms with Gasteiger partial charge in [-0.1, -0.05) is 60.7 Å². The van der Waals surface area contributed by atoms with Crippen LogP contribution in [0, 0.1) is 0 Å². The molecule has 0 aromatic heterocycles. The smallest absolute Gasteiger partial charge is 0.0504 e. The lowest BCUT2D eigenvalue weighted by atomic mass is 10.0. The zero-order valence-electron chi connectivity index (χ0n) is 10.5. The highest BCUT2D eigenvalue weighted by Crippen LogP contribution is 2.17. The minimum Gasteiger partial charge on any atom is -0.388 e. The molecule has 92 valence electrons. The van der Waals surface area contributed by atoms with Crippen molar-refractivity contribution < 1.29 is 0 Å². The maximum atomic E-state index is 6.19. The van der Waals surface area contributed by atoms with E-state index in [0.717, 1.165) is 16.8 Å². The first-order valence-electron chi connectivity index (χ1n) is 6.07. The maximum absolute atomic E-state index is 6.19. The third-order valence-electron chi connectivity index (χ3n) is 2.88. The average molecular weight is 238 g/mol. The van der Waals surface area contributed by atoms with Crippen molar-refractivity contribution in [1.82, 2.24) is 5.32 Å². The Hall–Kier alpha value is -2.06. The Labute approximate surface area is 108 Å². The van der Waals surface area contributed by atoms with E-state index in [1.165, 1.54) is 0 Å². The van der Waals surface area contributed by atoms with Crippen molar-refractivity contribution >= 4 is 5.70 Å². The molecule has 2 rings (SSSR count). The van der Waals surface area contributed by atoms with Crippen molar-refractivity contribution in [3.8, 4) is 0 Å². The first-order chi connectivity index (χ1) is 8.81. The van der Waals surface area contributed by atoms with Crippen LogP contribution >= 0.6 is 0 Å². The molecule has 0 saturated carbocycles. The highest BCUT2D eigenvalue weighted by molar-refractivity contribution is 5.64. The Morgan fingerprint density at radius 2 is 1.56 bits per heavy atom. The first-order valence-corrected chi connectivity index (χ1v) is 6.07. The second-order valence-corrected chi connectivity index (χ2v) is 4.13. The van der Waals surface area contributed by atoms with Crippen LogP contribution in [0.3, 0.4) is 0 Å². The fourth-order valence-corrected chi connectivity index (χ4v) is 1.89. The molecule has 0 heterocycles. The van der Waals surface area contributed by atoms with Crippen molar-refractivity contribution in [2.45, 2.75) is 6.04 Å². The summed E-state index contributed by atoms with van der Waals surface area (Å²) in [5, 5.41) is 3.20. The summed E-state index contributed by atoms with van der Waals surface area (Å²) in [6, 6.07) is 20.2. The van der Waals surface area contributed by atoms with Gasteiger partial charge < -0.3 is 11.1 Å². The third-order valence-corrected chi connectivity index (χ3v) is 2.88. The molecule has 3 N–H and O–H groups in total. The van der Waals surface area contributed by atoms with Crippen LogP contribution in [0.5, 0.6) is 0 Å². The lowest BCUT2D eigenvalue weighted by Crippen LogP contribution is -2.12. The number of hydrogen-bond acceptors (Lipinski definition) is 2. The molecule has 2 aromatic rings. The fraction of sp³-hybridized carbons (Fsp3) is 0.125. The molecule has 18 heavy (non-hydrogen) atoms. The van der Waals surface area contributed by atoms with E-state index >= 15 is 0 Å². The van der Waals surface area contributed by atoms with E-state index in [1.54, 1.807) is 0 Å². The summed E-state index contributed by atoms with van der Waals surface area (Å²) < 4.78 is 0. The largest absolute Gasteiger partial charge is 0.388 e. The second-order valence-electron chi connectivity index (χ2n) is 4.13. The Balaban J connectivity index is 2.25. The van der Waals surface area contributed by atoms with Crippen LogP contribution in [0.2, 0.25) is 0 Å². The standard InChI is InChI=1S/C16H18N2/c1-18-16(14-10-6-3-7-11-14)12-15(17)13-8-4-2-5-9-13/h2-12,15,18H,17H2,1H3/b16-12-. The molecule has 0 radical (unpaired) electrons. The zero-order valence-corrected chi connectivity index (χ0v) is 10.5. The summed E-state index contributed by atoms with van der Waals surface area (Å²) in [4.78, 5) is 0. The van der Waals surface area contributed by atoms with Crippen LogP contribution in [0.25, 0.3) is 5.70 Å². The first kappa shape index (κ1) is 12.4. The van der Waals surface area contributed by atoms with E-state index < -0.39 is 0 Å². The topological polar surface area (TPSA) is 38.0 Å². The summed E-state index contributed by atoms with van der Waals surface area (Å²) in [6.07, 6.45) is 2.05. The maximum Gasteiger partial charge on any atom is 0.0504 e. The van der Waals surface area contributed by atoms with Crippen molar-refractivity contribution in [3.63, 3.8) is 0 Å². The van der Waals surface area contributed by atoms with Gasteiger partial charge in [-0.15, -0.1) is 0 Å². The Bertz CT molecular complexity index is 503. The molecular weight excluding hydrogens is 220 g/mol. The molecule has 0 saturated heterocycles. The van der Waals surface area contributed by atoms with Crippen molar-refractivity contribution in [1.29, 1.82) is 0 Å². The molecule has 1 atom stereocenters. The van der Waals surface area contributed by atoms with Gasteiger partial charge in [0.15, 0.2) is 0 Å². The number of benzene rings is 2. The SMILES string of the molecule is CN/C(=C\C(N)c1ccccc1)c1ccccc1. The van der Waals surface area contributed by atoms with E-state index in [2.05, 4.69) is 17.4 Å². The van der Waals surface area contributed by atoms with Crippen LogP contribution in [0.4, 0.5) is 0 Å². The molecule has 0 spiro atoms. The van der Waals surface area contributed by atoms with Gasteiger partial charge in [-0.05, 0) is 17.2 Å². The molecule has 1 unspecified atom stereocenters. The van der Waals surface area contributed by atoms with Gasteiger partial charge in [0.1, 0.15) is 0 Å². The van der Waals surface area contributed by atoms with E-state index in [4.69, 9.17) is 5.73 Å². The highest BCUT2D eigenvalue weighted by atomic mass is 14.8. The molecule has 0 bridgehead atoms. The number of hydrogen-bond donors (Lipinski definition) is 2. The number of nitrogens with two attached hydrogens (primary N) is 1. The van der Waals surface area contributed by atoms with E-state index in [0.29, 0.717) is 0 Å². The Kier molecular flexibility index (Phi) is 4.15. The number of rotatable bonds is 4. The number of nitrogens with one attached hydrogen (secondary N) is 1. The van der Waals surface area contributed by atoms with E-state index in [-0.39, 0.29) is 6.04 Å². The monoisotopic (exact) mass is 238 g/mol. The molecule has 0 aliphatic rings. The molecule has 2 aromatic carbocycles. The summed E-state index contributed by atoms with van der Waals surface area (Å²) in [5.41, 5.74) is 9.50. The molecule has 2 nitrogen and oxygen atoms in total. The molecule has 0 aliphatic heterocycles. The summed E-state index contributed by atoms with van der Waals surface area (Å²) in [5.74, 6) is 0. The lowest BCUT2D eigenvalue weighted by Gasteiger charge is -2.12. The Morgan fingerprint density at radius 3 is 2.11 bits per heavy atom.